The molecular weight excluding hydrogens is 226 g/mol. The molecule has 2 aromatic rings. The molecule has 96 valence electrons. The van der Waals surface area contributed by atoms with Gasteiger partial charge >= 0.3 is 0 Å². The molecule has 0 bridgehead atoms. The Morgan fingerprint density at radius 1 is 1.33 bits per heavy atom. The average molecular weight is 245 g/mol. The van der Waals surface area contributed by atoms with Crippen LogP contribution in [0.1, 0.15) is 25.7 Å². The molecule has 0 unspecified atom stereocenters. The summed E-state index contributed by atoms with van der Waals surface area (Å²) in [6, 6.07) is 7.99. The van der Waals surface area contributed by atoms with Gasteiger partial charge in [-0.25, -0.2) is 4.98 Å². The van der Waals surface area contributed by atoms with Gasteiger partial charge in [0.1, 0.15) is 0 Å². The lowest BCUT2D eigenvalue weighted by molar-refractivity contribution is 0.0557. The van der Waals surface area contributed by atoms with E-state index in [1.165, 1.54) is 0 Å². The number of hydrogen-bond donors (Lipinski definition) is 2. The van der Waals surface area contributed by atoms with Crippen molar-refractivity contribution in [2.45, 2.75) is 31.3 Å². The molecule has 1 aromatic heterocycles. The SMILES string of the molecule is CN(CC1(O)CCCC1)c1nc2ccccc2[nH]1. The van der Waals surface area contributed by atoms with E-state index in [1.54, 1.807) is 0 Å². The van der Waals surface area contributed by atoms with Crippen LogP contribution < -0.4 is 4.90 Å². The summed E-state index contributed by atoms with van der Waals surface area (Å²) in [4.78, 5) is 9.85. The second-order valence-corrected chi connectivity index (χ2v) is 5.37. The van der Waals surface area contributed by atoms with E-state index in [4.69, 9.17) is 0 Å². The molecule has 0 spiro atoms. The number of aromatic nitrogens is 2. The maximum atomic E-state index is 10.4. The van der Waals surface area contributed by atoms with Crippen LogP contribution in [0.2, 0.25) is 0 Å². The molecular formula is C14H19N3O. The van der Waals surface area contributed by atoms with E-state index in [0.717, 1.165) is 42.7 Å². The van der Waals surface area contributed by atoms with Gasteiger partial charge in [-0.2, -0.15) is 0 Å². The van der Waals surface area contributed by atoms with E-state index in [-0.39, 0.29) is 0 Å². The van der Waals surface area contributed by atoms with Gasteiger partial charge in [0, 0.05) is 13.6 Å². The molecule has 1 aliphatic carbocycles. The van der Waals surface area contributed by atoms with Gasteiger partial charge in [-0.3, -0.25) is 0 Å². The van der Waals surface area contributed by atoms with Crippen LogP contribution in [0.25, 0.3) is 11.0 Å². The average Bonchev–Trinajstić information content (AvgIpc) is 2.95. The Morgan fingerprint density at radius 2 is 2.06 bits per heavy atom. The lowest BCUT2D eigenvalue weighted by atomic mass is 10.0. The number of nitrogens with zero attached hydrogens (tertiary/aromatic N) is 2. The number of likely N-dealkylation sites (N-methyl/N-ethyl adjacent to an activating group) is 1. The Labute approximate surface area is 107 Å². The Kier molecular flexibility index (Phi) is 2.74. The smallest absolute Gasteiger partial charge is 0.203 e. The zero-order valence-corrected chi connectivity index (χ0v) is 10.7. The lowest BCUT2D eigenvalue weighted by Crippen LogP contribution is -2.39. The number of H-pyrrole nitrogens is 1. The first-order chi connectivity index (χ1) is 8.66. The molecule has 1 saturated carbocycles. The highest BCUT2D eigenvalue weighted by Crippen LogP contribution is 2.30. The fraction of sp³-hybridized carbons (Fsp3) is 0.500. The summed E-state index contributed by atoms with van der Waals surface area (Å²) in [5.74, 6) is 0.830. The minimum Gasteiger partial charge on any atom is -0.388 e. The first-order valence-electron chi connectivity index (χ1n) is 6.55. The van der Waals surface area contributed by atoms with E-state index >= 15 is 0 Å². The first-order valence-corrected chi connectivity index (χ1v) is 6.55. The number of aliphatic hydroxyl groups is 1. The molecule has 1 aliphatic rings. The van der Waals surface area contributed by atoms with Gasteiger partial charge in [0.15, 0.2) is 0 Å². The maximum absolute atomic E-state index is 10.4. The number of nitrogens with one attached hydrogen (secondary N) is 1. The first kappa shape index (κ1) is 11.5. The largest absolute Gasteiger partial charge is 0.388 e. The van der Waals surface area contributed by atoms with Crippen molar-refractivity contribution in [1.82, 2.24) is 9.97 Å². The number of imidazole rings is 1. The standard InChI is InChI=1S/C14H19N3O/c1-17(10-14(18)8-4-5-9-14)13-15-11-6-2-3-7-12(11)16-13/h2-3,6-7,18H,4-5,8-10H2,1H3,(H,15,16). The summed E-state index contributed by atoms with van der Waals surface area (Å²) >= 11 is 0. The third-order valence-electron chi connectivity index (χ3n) is 3.80. The van der Waals surface area contributed by atoms with Gasteiger partial charge in [0.05, 0.1) is 16.6 Å². The Bertz CT molecular complexity index is 510. The molecule has 0 atom stereocenters. The molecule has 0 amide bonds. The van der Waals surface area contributed by atoms with Gasteiger partial charge in [-0.15, -0.1) is 0 Å². The maximum Gasteiger partial charge on any atom is 0.203 e. The van der Waals surface area contributed by atoms with E-state index in [0.29, 0.717) is 6.54 Å². The van der Waals surface area contributed by atoms with Crippen LogP contribution in [0.5, 0.6) is 0 Å². The second-order valence-electron chi connectivity index (χ2n) is 5.37. The van der Waals surface area contributed by atoms with Crippen LogP contribution in [0.4, 0.5) is 5.95 Å². The molecule has 3 rings (SSSR count). The molecule has 0 aliphatic heterocycles. The Morgan fingerprint density at radius 3 is 2.78 bits per heavy atom. The summed E-state index contributed by atoms with van der Waals surface area (Å²) in [6.07, 6.45) is 4.06. The van der Waals surface area contributed by atoms with Crippen molar-refractivity contribution < 1.29 is 5.11 Å². The van der Waals surface area contributed by atoms with Gasteiger partial charge in [-0.05, 0) is 25.0 Å². The highest BCUT2D eigenvalue weighted by Gasteiger charge is 2.32. The number of hydrogen-bond acceptors (Lipinski definition) is 3. The van der Waals surface area contributed by atoms with Crippen molar-refractivity contribution in [3.05, 3.63) is 24.3 Å². The summed E-state index contributed by atoms with van der Waals surface area (Å²) in [5.41, 5.74) is 1.48. The van der Waals surface area contributed by atoms with Crippen LogP contribution in [0.15, 0.2) is 24.3 Å². The van der Waals surface area contributed by atoms with Crippen molar-refractivity contribution >= 4 is 17.0 Å². The summed E-state index contributed by atoms with van der Waals surface area (Å²) < 4.78 is 0. The van der Waals surface area contributed by atoms with Gasteiger partial charge in [0.25, 0.3) is 0 Å². The minimum absolute atomic E-state index is 0.534. The van der Waals surface area contributed by atoms with Crippen molar-refractivity contribution in [3.8, 4) is 0 Å². The van der Waals surface area contributed by atoms with Crippen molar-refractivity contribution in [3.63, 3.8) is 0 Å². The zero-order valence-electron chi connectivity index (χ0n) is 10.7. The Hall–Kier alpha value is -1.55. The minimum atomic E-state index is -0.534. The summed E-state index contributed by atoms with van der Waals surface area (Å²) in [7, 11) is 1.98. The number of aromatic amines is 1. The van der Waals surface area contributed by atoms with Crippen molar-refractivity contribution in [2.24, 2.45) is 0 Å². The molecule has 1 aromatic carbocycles. The lowest BCUT2D eigenvalue weighted by Gasteiger charge is -2.28. The Balaban J connectivity index is 1.81. The van der Waals surface area contributed by atoms with Crippen LogP contribution in [0.3, 0.4) is 0 Å². The number of rotatable bonds is 3. The number of para-hydroxylation sites is 2. The molecule has 4 nitrogen and oxygen atoms in total. The number of fused-ring (bicyclic) bond motifs is 1. The predicted molar refractivity (Wildman–Crippen MR) is 72.8 cm³/mol. The predicted octanol–water partition coefficient (Wildman–Crippen LogP) is 2.30. The fourth-order valence-corrected chi connectivity index (χ4v) is 2.83. The van der Waals surface area contributed by atoms with Crippen molar-refractivity contribution in [1.29, 1.82) is 0 Å². The molecule has 2 N–H and O–H groups in total. The molecule has 0 radical (unpaired) electrons. The van der Waals surface area contributed by atoms with E-state index in [9.17, 15) is 5.11 Å². The van der Waals surface area contributed by atoms with Gasteiger partial charge < -0.3 is 15.0 Å². The van der Waals surface area contributed by atoms with E-state index < -0.39 is 5.60 Å². The molecule has 1 heterocycles. The third kappa shape index (κ3) is 2.08. The monoisotopic (exact) mass is 245 g/mol. The van der Waals surface area contributed by atoms with E-state index in [1.807, 2.05) is 36.2 Å². The van der Waals surface area contributed by atoms with Crippen LogP contribution in [-0.2, 0) is 0 Å². The second kappa shape index (κ2) is 4.28. The summed E-state index contributed by atoms with van der Waals surface area (Å²) in [5, 5.41) is 10.4. The topological polar surface area (TPSA) is 52.1 Å². The number of benzene rings is 1. The highest BCUT2D eigenvalue weighted by atomic mass is 16.3. The molecule has 0 saturated heterocycles. The molecule has 1 fully saturated rings. The van der Waals surface area contributed by atoms with Gasteiger partial charge in [0.2, 0.25) is 5.95 Å². The van der Waals surface area contributed by atoms with Gasteiger partial charge in [-0.1, -0.05) is 25.0 Å². The molecule has 4 heteroatoms. The van der Waals surface area contributed by atoms with Crippen LogP contribution in [0, 0.1) is 0 Å². The van der Waals surface area contributed by atoms with Crippen LogP contribution >= 0.6 is 0 Å². The fourth-order valence-electron chi connectivity index (χ4n) is 2.83. The molecule has 18 heavy (non-hydrogen) atoms. The number of anilines is 1. The zero-order chi connectivity index (χ0) is 12.6. The van der Waals surface area contributed by atoms with E-state index in [2.05, 4.69) is 9.97 Å². The normalized spacial score (nSPS) is 18.3. The highest BCUT2D eigenvalue weighted by molar-refractivity contribution is 5.77. The third-order valence-corrected chi connectivity index (χ3v) is 3.80. The quantitative estimate of drug-likeness (QED) is 0.872. The van der Waals surface area contributed by atoms with Crippen molar-refractivity contribution in [2.75, 3.05) is 18.5 Å². The summed E-state index contributed by atoms with van der Waals surface area (Å²) in [6.45, 7) is 0.646. The van der Waals surface area contributed by atoms with Crippen LogP contribution in [-0.4, -0.2) is 34.3 Å².